The molecule has 0 aliphatic rings. The average molecular weight is 511 g/mol. The molecule has 0 aromatic carbocycles. The Balaban J connectivity index is 0. The summed E-state index contributed by atoms with van der Waals surface area (Å²) in [6.07, 6.45) is 0. The minimum Gasteiger partial charge on any atom is -2.00 e. The van der Waals surface area contributed by atoms with Gasteiger partial charge in [-0.2, -0.15) is 0 Å². The van der Waals surface area contributed by atoms with Gasteiger partial charge in [0.2, 0.25) is 0 Å². The first-order valence-electron chi connectivity index (χ1n) is 0. The second-order valence-corrected chi connectivity index (χ2v) is 0. The first-order valence-corrected chi connectivity index (χ1v) is 0. The van der Waals surface area contributed by atoms with Gasteiger partial charge >= 0.3 is 93.8 Å². The summed E-state index contributed by atoms with van der Waals surface area (Å²) in [4.78, 5) is 0. The third-order valence-corrected chi connectivity index (χ3v) is 0. The normalized spacial score (nSPS) is 0. The molecule has 0 fully saturated rings. The third-order valence-electron chi connectivity index (χ3n) is 0. The van der Waals surface area contributed by atoms with E-state index >= 15 is 0 Å². The predicted octanol–water partition coefficient (Wildman–Crippen LogP) is -0.361. The van der Waals surface area contributed by atoms with Crippen LogP contribution in [0.1, 0.15) is 0 Å². The molecule has 0 aromatic rings. The van der Waals surface area contributed by atoms with Crippen LogP contribution >= 0.6 is 0 Å². The van der Waals surface area contributed by atoms with Crippen LogP contribution in [0.5, 0.6) is 0 Å². The van der Waals surface area contributed by atoms with Crippen LogP contribution in [-0.4, -0.2) is 0 Å². The van der Waals surface area contributed by atoms with Crippen LogP contribution in [0.25, 0.3) is 0 Å². The van der Waals surface area contributed by atoms with Crippen molar-refractivity contribution in [2.75, 3.05) is 0 Å². The SMILES string of the molecule is [Ni].[Ni].[O-2].[O-2].[O-2].[Yb+3].[Yb+3]. The molecule has 0 saturated heterocycles. The van der Waals surface area contributed by atoms with Crippen LogP contribution < -0.4 is 0 Å². The number of hydrogen-bond acceptors (Lipinski definition) is 0. The van der Waals surface area contributed by atoms with Crippen LogP contribution in [0.2, 0.25) is 0 Å². The Labute approximate surface area is 139 Å². The Morgan fingerprint density at radius 1 is 0.429 bits per heavy atom. The number of hydrogen-bond donors (Lipinski definition) is 0. The van der Waals surface area contributed by atoms with Crippen molar-refractivity contribution >= 4 is 0 Å². The van der Waals surface area contributed by atoms with E-state index in [4.69, 9.17) is 0 Å². The largest absolute Gasteiger partial charge is 3.00 e. The van der Waals surface area contributed by atoms with Gasteiger partial charge in [-0.05, 0) is 0 Å². The van der Waals surface area contributed by atoms with E-state index in [9.17, 15) is 0 Å². The van der Waals surface area contributed by atoms with Crippen molar-refractivity contribution in [2.45, 2.75) is 0 Å². The van der Waals surface area contributed by atoms with E-state index < -0.39 is 0 Å². The first kappa shape index (κ1) is 70.1. The van der Waals surface area contributed by atoms with Gasteiger partial charge in [0, 0.05) is 33.0 Å². The Hall–Kier alpha value is 3.91. The molecule has 7 heteroatoms. The fraction of sp³-hybridized carbons (Fsp3) is 0. The van der Waals surface area contributed by atoms with Crippen molar-refractivity contribution < 1.29 is 143 Å². The molecule has 0 aliphatic carbocycles. The molecule has 0 N–H and O–H groups in total. The summed E-state index contributed by atoms with van der Waals surface area (Å²) in [6, 6.07) is 0. The Morgan fingerprint density at radius 3 is 0.429 bits per heavy atom. The topological polar surface area (TPSA) is 85.5 Å². The Bertz CT molecular complexity index is 10.9. The maximum absolute atomic E-state index is 0. The van der Waals surface area contributed by atoms with E-state index in [1.807, 2.05) is 0 Å². The van der Waals surface area contributed by atoms with Crippen LogP contribution in [0.3, 0.4) is 0 Å². The summed E-state index contributed by atoms with van der Waals surface area (Å²) in [5.74, 6) is 0. The van der Waals surface area contributed by atoms with Gasteiger partial charge in [0.1, 0.15) is 0 Å². The van der Waals surface area contributed by atoms with E-state index in [2.05, 4.69) is 0 Å². The van der Waals surface area contributed by atoms with Crippen LogP contribution in [0, 0.1) is 93.8 Å². The molecule has 7 heavy (non-hydrogen) atoms. The second-order valence-electron chi connectivity index (χ2n) is 0. The summed E-state index contributed by atoms with van der Waals surface area (Å²) in [5, 5.41) is 0. The molecular weight excluding hydrogens is 511 g/mol. The molecule has 0 spiro atoms. The van der Waals surface area contributed by atoms with Gasteiger partial charge in [0.25, 0.3) is 0 Å². The third kappa shape index (κ3) is 40.6. The molecule has 0 saturated carbocycles. The second kappa shape index (κ2) is 51.5. The fourth-order valence-corrected chi connectivity index (χ4v) is 0. The minimum absolute atomic E-state index is 0. The van der Waals surface area contributed by atoms with Gasteiger partial charge in [0.15, 0.2) is 0 Å². The minimum atomic E-state index is 0. The van der Waals surface area contributed by atoms with Crippen LogP contribution in [0.15, 0.2) is 0 Å². The molecule has 0 heterocycles. The zero-order chi connectivity index (χ0) is 0. The summed E-state index contributed by atoms with van der Waals surface area (Å²) >= 11 is 0. The molecule has 0 bridgehead atoms. The molecule has 0 rings (SSSR count). The quantitative estimate of drug-likeness (QED) is 0.398. The molecule has 3 nitrogen and oxygen atoms in total. The van der Waals surface area contributed by atoms with E-state index in [-0.39, 0.29) is 143 Å². The average Bonchev–Trinajstić information content (AvgIpc) is 0. The standard InChI is InChI=1S/2Ni.3O.2Yb/q;;3*-2;2*+3. The van der Waals surface area contributed by atoms with E-state index in [1.165, 1.54) is 0 Å². The molecule has 0 unspecified atom stereocenters. The van der Waals surface area contributed by atoms with E-state index in [0.717, 1.165) is 0 Å². The Kier molecular flexibility index (Phi) is 516. The van der Waals surface area contributed by atoms with Crippen molar-refractivity contribution in [3.8, 4) is 0 Å². The molecule has 0 amide bonds. The molecule has 2 radical (unpaired) electrons. The smallest absolute Gasteiger partial charge is 2.00 e. The van der Waals surface area contributed by atoms with Gasteiger partial charge < -0.3 is 16.4 Å². The van der Waals surface area contributed by atoms with Crippen molar-refractivity contribution in [1.29, 1.82) is 0 Å². The van der Waals surface area contributed by atoms with Crippen molar-refractivity contribution in [2.24, 2.45) is 0 Å². The predicted molar refractivity (Wildman–Crippen MR) is 2.06 cm³/mol. The van der Waals surface area contributed by atoms with Gasteiger partial charge in [0.05, 0.1) is 0 Å². The van der Waals surface area contributed by atoms with Crippen molar-refractivity contribution in [3.63, 3.8) is 0 Å². The van der Waals surface area contributed by atoms with Crippen molar-refractivity contribution in [1.82, 2.24) is 0 Å². The first-order chi connectivity index (χ1) is 0. The number of rotatable bonds is 0. The fourth-order valence-electron chi connectivity index (χ4n) is 0. The summed E-state index contributed by atoms with van der Waals surface area (Å²) in [5.41, 5.74) is 0. The van der Waals surface area contributed by atoms with Gasteiger partial charge in [-0.15, -0.1) is 0 Å². The van der Waals surface area contributed by atoms with E-state index in [0.29, 0.717) is 0 Å². The van der Waals surface area contributed by atoms with Gasteiger partial charge in [-0.3, -0.25) is 0 Å². The molecule has 0 aliphatic heterocycles. The zero-order valence-electron chi connectivity index (χ0n) is 2.39. The van der Waals surface area contributed by atoms with Gasteiger partial charge in [-0.25, -0.2) is 0 Å². The molecule has 66 valence electrons. The van der Waals surface area contributed by atoms with Gasteiger partial charge in [-0.1, -0.05) is 0 Å². The Morgan fingerprint density at radius 2 is 0.429 bits per heavy atom. The van der Waals surface area contributed by atoms with E-state index in [1.54, 1.807) is 0 Å². The maximum atomic E-state index is 0. The van der Waals surface area contributed by atoms with Crippen LogP contribution in [-0.2, 0) is 49.4 Å². The molecule has 0 aromatic heterocycles. The monoisotopic (exact) mass is 512 g/mol. The van der Waals surface area contributed by atoms with Crippen molar-refractivity contribution in [3.05, 3.63) is 0 Å². The summed E-state index contributed by atoms with van der Waals surface area (Å²) in [7, 11) is 0. The molecule has 0 atom stereocenters. The summed E-state index contributed by atoms with van der Waals surface area (Å²) < 4.78 is 0. The maximum Gasteiger partial charge on any atom is 3.00 e. The summed E-state index contributed by atoms with van der Waals surface area (Å²) in [6.45, 7) is 0. The molecular formula is Ni2O3Yb2. The van der Waals surface area contributed by atoms with Crippen LogP contribution in [0.4, 0.5) is 0 Å². The zero-order valence-corrected chi connectivity index (χ0v) is 7.80.